The number of anilines is 1. The van der Waals surface area contributed by atoms with Crippen LogP contribution in [0.1, 0.15) is 53.7 Å². The van der Waals surface area contributed by atoms with Gasteiger partial charge in [-0.05, 0) is 78.4 Å². The van der Waals surface area contributed by atoms with Crippen molar-refractivity contribution in [3.05, 3.63) is 47.0 Å². The van der Waals surface area contributed by atoms with Gasteiger partial charge in [0.2, 0.25) is 5.82 Å². The number of benzene rings is 1. The lowest BCUT2D eigenvalue weighted by Crippen LogP contribution is -2.36. The number of amides is 2. The van der Waals surface area contributed by atoms with Gasteiger partial charge in [0.15, 0.2) is 0 Å². The summed E-state index contributed by atoms with van der Waals surface area (Å²) in [7, 11) is 1.52. The van der Waals surface area contributed by atoms with Crippen LogP contribution in [0.2, 0.25) is 0 Å². The fraction of sp³-hybridized carbons (Fsp3) is 0.440. The predicted molar refractivity (Wildman–Crippen MR) is 132 cm³/mol. The molecule has 3 heterocycles. The summed E-state index contributed by atoms with van der Waals surface area (Å²) in [4.78, 5) is 31.7. The molecule has 2 N–H and O–H groups in total. The van der Waals surface area contributed by atoms with Crippen LogP contribution in [0.5, 0.6) is 5.75 Å². The molecule has 5 rings (SSSR count). The number of methoxy groups -OCH3 is 1. The number of aromatic nitrogens is 5. The highest BCUT2D eigenvalue weighted by Crippen LogP contribution is 2.32. The number of carbonyl (C=O) groups excluding carboxylic acids is 2. The quantitative estimate of drug-likeness (QED) is 0.514. The molecule has 0 bridgehead atoms. The molecule has 2 atom stereocenters. The molecule has 2 amide bonds. The van der Waals surface area contributed by atoms with Crippen molar-refractivity contribution in [3.8, 4) is 17.3 Å². The number of pyridine rings is 1. The van der Waals surface area contributed by atoms with Gasteiger partial charge in [-0.1, -0.05) is 6.07 Å². The number of hydrogen-bond acceptors (Lipinski definition) is 9. The number of rotatable bonds is 6. The highest BCUT2D eigenvalue weighted by Gasteiger charge is 2.31. The Hall–Kier alpha value is -4.06. The van der Waals surface area contributed by atoms with Crippen LogP contribution in [0, 0.1) is 0 Å². The lowest BCUT2D eigenvalue weighted by atomic mass is 9.96. The summed E-state index contributed by atoms with van der Waals surface area (Å²) >= 11 is 0. The number of tetrazole rings is 1. The molecular weight excluding hydrogens is 478 g/mol. The van der Waals surface area contributed by atoms with Gasteiger partial charge in [-0.2, -0.15) is 0 Å². The molecule has 3 aromatic rings. The zero-order chi connectivity index (χ0) is 25.9. The number of aliphatic hydroxyl groups is 1. The molecule has 0 unspecified atom stereocenters. The monoisotopic (exact) mass is 507 g/mol. The Labute approximate surface area is 213 Å². The summed E-state index contributed by atoms with van der Waals surface area (Å²) in [6, 6.07) is 8.57. The molecule has 2 aliphatic rings. The average molecular weight is 508 g/mol. The number of ether oxygens (including phenoxy) is 2. The first-order chi connectivity index (χ1) is 18.0. The van der Waals surface area contributed by atoms with Gasteiger partial charge in [0.05, 0.1) is 31.4 Å². The van der Waals surface area contributed by atoms with Gasteiger partial charge in [0.1, 0.15) is 17.3 Å². The molecule has 194 valence electrons. The third kappa shape index (κ3) is 4.96. The van der Waals surface area contributed by atoms with E-state index in [4.69, 9.17) is 9.47 Å². The maximum absolute atomic E-state index is 13.3. The van der Waals surface area contributed by atoms with Crippen molar-refractivity contribution in [3.63, 3.8) is 0 Å². The van der Waals surface area contributed by atoms with E-state index >= 15 is 0 Å². The van der Waals surface area contributed by atoms with Crippen molar-refractivity contribution in [1.29, 1.82) is 0 Å². The summed E-state index contributed by atoms with van der Waals surface area (Å²) in [5.41, 5.74) is 2.69. The SMILES string of the molecule is CCOC(=O)N1CCc2cc(OC)c(C(=O)Nc3cccc(-c4nnnn4[C@@H]4CCC[C@@H]4O)n3)cc2C1. The first kappa shape index (κ1) is 24.6. The van der Waals surface area contributed by atoms with E-state index in [-0.39, 0.29) is 12.1 Å². The Morgan fingerprint density at radius 3 is 2.84 bits per heavy atom. The number of aliphatic hydroxyl groups excluding tert-OH is 1. The first-order valence-electron chi connectivity index (χ1n) is 12.3. The second-order valence-corrected chi connectivity index (χ2v) is 9.07. The minimum atomic E-state index is -0.513. The Bertz CT molecular complexity index is 1310. The van der Waals surface area contributed by atoms with E-state index in [9.17, 15) is 14.7 Å². The van der Waals surface area contributed by atoms with Crippen molar-refractivity contribution in [2.75, 3.05) is 25.6 Å². The third-order valence-electron chi connectivity index (χ3n) is 6.78. The number of nitrogens with zero attached hydrogens (tertiary/aromatic N) is 6. The molecule has 0 spiro atoms. The van der Waals surface area contributed by atoms with Crippen molar-refractivity contribution in [1.82, 2.24) is 30.1 Å². The summed E-state index contributed by atoms with van der Waals surface area (Å²) < 4.78 is 12.2. The van der Waals surface area contributed by atoms with Crippen LogP contribution < -0.4 is 10.1 Å². The smallest absolute Gasteiger partial charge is 0.410 e. The molecule has 1 aromatic carbocycles. The van der Waals surface area contributed by atoms with Gasteiger partial charge in [0, 0.05) is 13.1 Å². The van der Waals surface area contributed by atoms with E-state index in [1.54, 1.807) is 40.8 Å². The zero-order valence-electron chi connectivity index (χ0n) is 20.8. The standard InChI is InChI=1S/C25H29N7O5/c1-3-37-25(35)31-11-10-15-13-21(36-2)17(12-16(15)14-31)24(34)27-22-9-4-6-18(26-22)23-28-29-30-32(23)19-7-5-8-20(19)33/h4,6,9,12-13,19-20,33H,3,5,7-8,10-11,14H2,1-2H3,(H,26,27,34)/t19-,20+/m1/s1. The lowest BCUT2D eigenvalue weighted by Gasteiger charge is -2.28. The second-order valence-electron chi connectivity index (χ2n) is 9.07. The predicted octanol–water partition coefficient (Wildman–Crippen LogP) is 2.60. The molecular formula is C25H29N7O5. The van der Waals surface area contributed by atoms with E-state index in [0.29, 0.717) is 61.2 Å². The van der Waals surface area contributed by atoms with Gasteiger partial charge < -0.3 is 24.8 Å². The molecule has 0 saturated heterocycles. The van der Waals surface area contributed by atoms with Crippen molar-refractivity contribution >= 4 is 17.8 Å². The minimum Gasteiger partial charge on any atom is -0.496 e. The minimum absolute atomic E-state index is 0.209. The Kier molecular flexibility index (Phi) is 6.99. The normalized spacial score (nSPS) is 18.8. The largest absolute Gasteiger partial charge is 0.496 e. The number of hydrogen-bond donors (Lipinski definition) is 2. The maximum atomic E-state index is 13.3. The van der Waals surface area contributed by atoms with Crippen LogP contribution in [0.15, 0.2) is 30.3 Å². The highest BCUT2D eigenvalue weighted by atomic mass is 16.6. The fourth-order valence-corrected chi connectivity index (χ4v) is 4.91. The van der Waals surface area contributed by atoms with Crippen LogP contribution in [-0.4, -0.2) is 73.6 Å². The highest BCUT2D eigenvalue weighted by molar-refractivity contribution is 6.06. The molecule has 2 aromatic heterocycles. The molecule has 12 heteroatoms. The van der Waals surface area contributed by atoms with E-state index in [1.165, 1.54) is 7.11 Å². The Balaban J connectivity index is 1.38. The third-order valence-corrected chi connectivity index (χ3v) is 6.78. The van der Waals surface area contributed by atoms with Gasteiger partial charge in [-0.25, -0.2) is 14.5 Å². The van der Waals surface area contributed by atoms with Crippen LogP contribution in [0.25, 0.3) is 11.5 Å². The molecule has 12 nitrogen and oxygen atoms in total. The van der Waals surface area contributed by atoms with Gasteiger partial charge in [-0.15, -0.1) is 5.10 Å². The molecule has 0 radical (unpaired) electrons. The van der Waals surface area contributed by atoms with E-state index < -0.39 is 12.0 Å². The van der Waals surface area contributed by atoms with E-state index in [2.05, 4.69) is 25.8 Å². The molecule has 1 aliphatic carbocycles. The van der Waals surface area contributed by atoms with Crippen LogP contribution in [0.3, 0.4) is 0 Å². The van der Waals surface area contributed by atoms with E-state index in [0.717, 1.165) is 24.0 Å². The van der Waals surface area contributed by atoms with Crippen molar-refractivity contribution < 1.29 is 24.2 Å². The van der Waals surface area contributed by atoms with Crippen molar-refractivity contribution in [2.24, 2.45) is 0 Å². The van der Waals surface area contributed by atoms with Gasteiger partial charge >= 0.3 is 6.09 Å². The maximum Gasteiger partial charge on any atom is 0.410 e. The summed E-state index contributed by atoms with van der Waals surface area (Å²) in [5, 5.41) is 25.1. The van der Waals surface area contributed by atoms with Gasteiger partial charge in [0.25, 0.3) is 5.91 Å². The number of fused-ring (bicyclic) bond motifs is 1. The molecule has 1 saturated carbocycles. The van der Waals surface area contributed by atoms with Gasteiger partial charge in [-0.3, -0.25) is 4.79 Å². The fourth-order valence-electron chi connectivity index (χ4n) is 4.91. The van der Waals surface area contributed by atoms with Crippen LogP contribution in [-0.2, 0) is 17.7 Å². The zero-order valence-corrected chi connectivity index (χ0v) is 20.8. The average Bonchev–Trinajstić information content (AvgIpc) is 3.56. The van der Waals surface area contributed by atoms with Crippen LogP contribution in [0.4, 0.5) is 10.6 Å². The Morgan fingerprint density at radius 2 is 2.08 bits per heavy atom. The first-order valence-corrected chi connectivity index (χ1v) is 12.3. The molecule has 37 heavy (non-hydrogen) atoms. The summed E-state index contributed by atoms with van der Waals surface area (Å²) in [6.45, 7) is 2.96. The second kappa shape index (κ2) is 10.5. The van der Waals surface area contributed by atoms with Crippen LogP contribution >= 0.6 is 0 Å². The molecule has 1 aliphatic heterocycles. The van der Waals surface area contributed by atoms with Crippen molar-refractivity contribution in [2.45, 2.75) is 51.3 Å². The Morgan fingerprint density at radius 1 is 1.22 bits per heavy atom. The topological polar surface area (TPSA) is 145 Å². The lowest BCUT2D eigenvalue weighted by molar-refractivity contribution is 0.102. The number of carbonyl (C=O) groups is 2. The summed E-state index contributed by atoms with van der Waals surface area (Å²) in [5.74, 6) is 0.781. The molecule has 1 fully saturated rings. The van der Waals surface area contributed by atoms with E-state index in [1.807, 2.05) is 6.07 Å². The summed E-state index contributed by atoms with van der Waals surface area (Å²) in [6.07, 6.45) is 2.13. The number of nitrogens with one attached hydrogen (secondary N) is 1.